The second kappa shape index (κ2) is 15.5. The summed E-state index contributed by atoms with van der Waals surface area (Å²) < 4.78 is 0. The van der Waals surface area contributed by atoms with Gasteiger partial charge in [0.15, 0.2) is 0 Å². The Morgan fingerprint density at radius 3 is 1.71 bits per heavy atom. The van der Waals surface area contributed by atoms with Crippen molar-refractivity contribution in [1.82, 2.24) is 0 Å². The lowest BCUT2D eigenvalue weighted by atomic mass is 10.1. The first-order valence-electron chi connectivity index (χ1n) is 7.69. The summed E-state index contributed by atoms with van der Waals surface area (Å²) in [6.45, 7) is 4.34. The molecule has 0 aromatic heterocycles. The van der Waals surface area contributed by atoms with Crippen molar-refractivity contribution in [2.24, 2.45) is 0 Å². The standard InChI is InChI=1S/C17H32/c1-3-5-7-9-11-13-15-17-16-14-12-10-8-6-4-2/h3,5,7,9H,4,6,8,10-17H2,1-2H3/b5-3+,9-7+. The molecule has 0 aliphatic heterocycles. The fourth-order valence-electron chi connectivity index (χ4n) is 2.04. The fourth-order valence-corrected chi connectivity index (χ4v) is 2.04. The van der Waals surface area contributed by atoms with Crippen molar-refractivity contribution in [3.05, 3.63) is 24.3 Å². The molecule has 0 radical (unpaired) electrons. The van der Waals surface area contributed by atoms with Crippen LogP contribution in [0.5, 0.6) is 0 Å². The molecule has 0 saturated carbocycles. The van der Waals surface area contributed by atoms with E-state index in [4.69, 9.17) is 0 Å². The highest BCUT2D eigenvalue weighted by atomic mass is 14.0. The van der Waals surface area contributed by atoms with Crippen LogP contribution >= 0.6 is 0 Å². The van der Waals surface area contributed by atoms with Crippen LogP contribution < -0.4 is 0 Å². The number of rotatable bonds is 12. The molecule has 0 amide bonds. The number of hydrogen-bond donors (Lipinski definition) is 0. The van der Waals surface area contributed by atoms with Crippen LogP contribution in [-0.4, -0.2) is 0 Å². The minimum absolute atomic E-state index is 1.25. The zero-order valence-corrected chi connectivity index (χ0v) is 12.1. The van der Waals surface area contributed by atoms with Gasteiger partial charge >= 0.3 is 0 Å². The van der Waals surface area contributed by atoms with Crippen LogP contribution in [0.25, 0.3) is 0 Å². The van der Waals surface area contributed by atoms with Crippen LogP contribution in [0, 0.1) is 0 Å². The van der Waals surface area contributed by atoms with E-state index in [0.717, 1.165) is 0 Å². The zero-order valence-electron chi connectivity index (χ0n) is 12.1. The van der Waals surface area contributed by atoms with Crippen LogP contribution in [0.1, 0.15) is 84.5 Å². The quantitative estimate of drug-likeness (QED) is 0.270. The first-order chi connectivity index (χ1) is 8.41. The molecule has 0 aromatic carbocycles. The van der Waals surface area contributed by atoms with Gasteiger partial charge in [-0.15, -0.1) is 0 Å². The van der Waals surface area contributed by atoms with Crippen molar-refractivity contribution in [1.29, 1.82) is 0 Å². The molecule has 0 atom stereocenters. The fraction of sp³-hybridized carbons (Fsp3) is 0.765. The highest BCUT2D eigenvalue weighted by Crippen LogP contribution is 2.11. The average Bonchev–Trinajstić information content (AvgIpc) is 2.35. The van der Waals surface area contributed by atoms with Gasteiger partial charge in [-0.05, 0) is 19.8 Å². The second-order valence-corrected chi connectivity index (χ2v) is 4.92. The lowest BCUT2D eigenvalue weighted by molar-refractivity contribution is 0.557. The molecule has 100 valence electrons. The van der Waals surface area contributed by atoms with Crippen molar-refractivity contribution >= 4 is 0 Å². The third-order valence-corrected chi connectivity index (χ3v) is 3.16. The summed E-state index contributed by atoms with van der Waals surface area (Å²) in [6, 6.07) is 0. The lowest BCUT2D eigenvalue weighted by Crippen LogP contribution is -1.81. The number of allylic oxidation sites excluding steroid dienone is 4. The molecule has 0 N–H and O–H groups in total. The zero-order chi connectivity index (χ0) is 12.6. The molecule has 0 nitrogen and oxygen atoms in total. The van der Waals surface area contributed by atoms with Gasteiger partial charge in [0.25, 0.3) is 0 Å². The Hall–Kier alpha value is -0.520. The van der Waals surface area contributed by atoms with Crippen molar-refractivity contribution in [3.8, 4) is 0 Å². The van der Waals surface area contributed by atoms with E-state index in [0.29, 0.717) is 0 Å². The summed E-state index contributed by atoms with van der Waals surface area (Å²) in [5, 5.41) is 0. The van der Waals surface area contributed by atoms with Crippen molar-refractivity contribution in [3.63, 3.8) is 0 Å². The van der Waals surface area contributed by atoms with Crippen LogP contribution in [-0.2, 0) is 0 Å². The predicted octanol–water partition coefficient (Wildman–Crippen LogP) is 6.43. The summed E-state index contributed by atoms with van der Waals surface area (Å²) in [5.41, 5.74) is 0. The van der Waals surface area contributed by atoms with Gasteiger partial charge in [0.1, 0.15) is 0 Å². The van der Waals surface area contributed by atoms with Crippen molar-refractivity contribution in [2.45, 2.75) is 84.5 Å². The van der Waals surface area contributed by atoms with E-state index < -0.39 is 0 Å². The smallest absolute Gasteiger partial charge is 0.0348 e. The van der Waals surface area contributed by atoms with Gasteiger partial charge in [0.2, 0.25) is 0 Å². The van der Waals surface area contributed by atoms with Crippen molar-refractivity contribution in [2.75, 3.05) is 0 Å². The van der Waals surface area contributed by atoms with E-state index in [1.165, 1.54) is 70.6 Å². The van der Waals surface area contributed by atoms with E-state index >= 15 is 0 Å². The molecular weight excluding hydrogens is 204 g/mol. The second-order valence-electron chi connectivity index (χ2n) is 4.92. The molecule has 0 aliphatic rings. The normalized spacial score (nSPS) is 11.9. The van der Waals surface area contributed by atoms with Gasteiger partial charge < -0.3 is 0 Å². The molecule has 0 fully saturated rings. The predicted molar refractivity (Wildman–Crippen MR) is 80.4 cm³/mol. The number of unbranched alkanes of at least 4 members (excludes halogenated alkanes) is 10. The summed E-state index contributed by atoms with van der Waals surface area (Å²) >= 11 is 0. The Balaban J connectivity index is 2.98. The molecule has 0 heterocycles. The van der Waals surface area contributed by atoms with E-state index in [1.807, 2.05) is 0 Å². The molecule has 0 unspecified atom stereocenters. The topological polar surface area (TPSA) is 0 Å². The molecule has 0 bridgehead atoms. The third-order valence-electron chi connectivity index (χ3n) is 3.16. The maximum Gasteiger partial charge on any atom is -0.0348 e. The Morgan fingerprint density at radius 1 is 0.647 bits per heavy atom. The monoisotopic (exact) mass is 236 g/mol. The average molecular weight is 236 g/mol. The SMILES string of the molecule is C/C=C/C=C/CCCCCCCCCCCC. The molecular formula is C17H32. The molecule has 0 rings (SSSR count). The minimum Gasteiger partial charge on any atom is -0.0877 e. The maximum absolute atomic E-state index is 2.28. The van der Waals surface area contributed by atoms with E-state index in [-0.39, 0.29) is 0 Å². The van der Waals surface area contributed by atoms with Gasteiger partial charge in [-0.2, -0.15) is 0 Å². The van der Waals surface area contributed by atoms with Gasteiger partial charge in [0, 0.05) is 0 Å². The van der Waals surface area contributed by atoms with Gasteiger partial charge in [-0.25, -0.2) is 0 Å². The lowest BCUT2D eigenvalue weighted by Gasteiger charge is -2.01. The van der Waals surface area contributed by atoms with Crippen molar-refractivity contribution < 1.29 is 0 Å². The van der Waals surface area contributed by atoms with Crippen LogP contribution in [0.2, 0.25) is 0 Å². The Morgan fingerprint density at radius 2 is 1.18 bits per heavy atom. The third kappa shape index (κ3) is 15.5. The molecule has 0 aliphatic carbocycles. The van der Waals surface area contributed by atoms with E-state index in [2.05, 4.69) is 38.2 Å². The molecule has 17 heavy (non-hydrogen) atoms. The van der Waals surface area contributed by atoms with Crippen LogP contribution in [0.3, 0.4) is 0 Å². The molecule has 0 spiro atoms. The van der Waals surface area contributed by atoms with Crippen LogP contribution in [0.4, 0.5) is 0 Å². The number of hydrogen-bond acceptors (Lipinski definition) is 0. The van der Waals surface area contributed by atoms with Gasteiger partial charge in [0.05, 0.1) is 0 Å². The highest BCUT2D eigenvalue weighted by molar-refractivity contribution is 5.00. The Bertz CT molecular complexity index is 176. The molecule has 0 saturated heterocycles. The first kappa shape index (κ1) is 16.5. The van der Waals surface area contributed by atoms with Gasteiger partial charge in [-0.1, -0.05) is 89.0 Å². The minimum atomic E-state index is 1.25. The van der Waals surface area contributed by atoms with E-state index in [1.54, 1.807) is 0 Å². The highest BCUT2D eigenvalue weighted by Gasteiger charge is 1.91. The summed E-state index contributed by atoms with van der Waals surface area (Å²) in [7, 11) is 0. The molecule has 0 heteroatoms. The Kier molecular flexibility index (Phi) is 15.0. The summed E-state index contributed by atoms with van der Waals surface area (Å²) in [4.78, 5) is 0. The first-order valence-corrected chi connectivity index (χ1v) is 7.69. The molecule has 0 aromatic rings. The van der Waals surface area contributed by atoms with Gasteiger partial charge in [-0.3, -0.25) is 0 Å². The van der Waals surface area contributed by atoms with E-state index in [9.17, 15) is 0 Å². The Labute approximate surface area is 109 Å². The summed E-state index contributed by atoms with van der Waals surface area (Å²) in [6.07, 6.45) is 24.2. The largest absolute Gasteiger partial charge is 0.0877 e. The van der Waals surface area contributed by atoms with Crippen LogP contribution in [0.15, 0.2) is 24.3 Å². The maximum atomic E-state index is 2.28. The summed E-state index contributed by atoms with van der Waals surface area (Å²) in [5.74, 6) is 0.